The topological polar surface area (TPSA) is 111 Å². The van der Waals surface area contributed by atoms with Gasteiger partial charge in [-0.05, 0) is 46.5 Å². The summed E-state index contributed by atoms with van der Waals surface area (Å²) in [6, 6.07) is 26.4. The summed E-state index contributed by atoms with van der Waals surface area (Å²) in [7, 11) is 0. The van der Waals surface area contributed by atoms with Crippen LogP contribution in [0.3, 0.4) is 0 Å². The molecule has 4 N–H and O–H groups in total. The SMILES string of the molecule is NC(=O)[C@H](Cc1ccc(OCc2ccccc2)c(OCc2ccccc2)c1)NC(=O)[C@H](O)c1ccc(C(F)(F)F)cc1. The van der Waals surface area contributed by atoms with Crippen LogP contribution in [0, 0.1) is 0 Å². The van der Waals surface area contributed by atoms with Crippen LogP contribution in [0.5, 0.6) is 11.5 Å². The molecule has 0 bridgehead atoms. The van der Waals surface area contributed by atoms with Gasteiger partial charge in [-0.25, -0.2) is 0 Å². The fourth-order valence-corrected chi connectivity index (χ4v) is 4.10. The molecule has 2 amide bonds. The van der Waals surface area contributed by atoms with Gasteiger partial charge >= 0.3 is 6.18 Å². The number of ether oxygens (including phenoxy) is 2. The Bertz CT molecular complexity index is 1480. The lowest BCUT2D eigenvalue weighted by molar-refractivity contribution is -0.137. The van der Waals surface area contributed by atoms with E-state index in [1.807, 2.05) is 60.7 Å². The molecule has 7 nitrogen and oxygen atoms in total. The molecule has 0 heterocycles. The number of benzene rings is 4. The first-order chi connectivity index (χ1) is 20.1. The first-order valence-electron chi connectivity index (χ1n) is 13.0. The van der Waals surface area contributed by atoms with E-state index < -0.39 is 35.7 Å². The molecule has 0 saturated carbocycles. The number of halogens is 3. The molecule has 42 heavy (non-hydrogen) atoms. The first kappa shape index (κ1) is 30.1. The van der Waals surface area contributed by atoms with Crippen molar-refractivity contribution in [1.29, 1.82) is 0 Å². The molecule has 0 aliphatic rings. The zero-order chi connectivity index (χ0) is 30.1. The largest absolute Gasteiger partial charge is 0.485 e. The third-order valence-electron chi connectivity index (χ3n) is 6.38. The molecule has 2 atom stereocenters. The molecular formula is C32H29F3N2O5. The minimum absolute atomic E-state index is 0.0402. The smallest absolute Gasteiger partial charge is 0.416 e. The Kier molecular flexibility index (Phi) is 9.82. The maximum absolute atomic E-state index is 12.8. The van der Waals surface area contributed by atoms with Crippen LogP contribution in [-0.2, 0) is 35.4 Å². The monoisotopic (exact) mass is 578 g/mol. The summed E-state index contributed by atoms with van der Waals surface area (Å²) in [6.07, 6.45) is -6.41. The second-order valence-electron chi connectivity index (χ2n) is 9.52. The minimum atomic E-state index is -4.56. The molecule has 0 radical (unpaired) electrons. The van der Waals surface area contributed by atoms with Gasteiger partial charge in [-0.1, -0.05) is 78.9 Å². The molecule has 4 aromatic carbocycles. The van der Waals surface area contributed by atoms with Gasteiger partial charge in [0.25, 0.3) is 5.91 Å². The maximum atomic E-state index is 12.8. The molecule has 0 saturated heterocycles. The van der Waals surface area contributed by atoms with Crippen LogP contribution in [0.1, 0.15) is 33.9 Å². The van der Waals surface area contributed by atoms with Crippen LogP contribution in [-0.4, -0.2) is 23.0 Å². The molecule has 4 aromatic rings. The van der Waals surface area contributed by atoms with E-state index in [-0.39, 0.29) is 18.6 Å². The van der Waals surface area contributed by atoms with Gasteiger partial charge in [-0.15, -0.1) is 0 Å². The summed E-state index contributed by atoms with van der Waals surface area (Å²) in [5, 5.41) is 12.8. The van der Waals surface area contributed by atoms with E-state index >= 15 is 0 Å². The minimum Gasteiger partial charge on any atom is -0.485 e. The van der Waals surface area contributed by atoms with E-state index in [2.05, 4.69) is 5.32 Å². The molecule has 218 valence electrons. The van der Waals surface area contributed by atoms with E-state index in [0.717, 1.165) is 35.4 Å². The number of nitrogens with one attached hydrogen (secondary N) is 1. The Morgan fingerprint density at radius 3 is 1.83 bits per heavy atom. The second kappa shape index (κ2) is 13.7. The molecule has 0 fully saturated rings. The number of hydrogen-bond donors (Lipinski definition) is 3. The van der Waals surface area contributed by atoms with Crippen LogP contribution in [0.15, 0.2) is 103 Å². The molecule has 0 aliphatic carbocycles. The third kappa shape index (κ3) is 8.34. The summed E-state index contributed by atoms with van der Waals surface area (Å²) in [5.74, 6) is -0.969. The lowest BCUT2D eigenvalue weighted by Crippen LogP contribution is -2.47. The van der Waals surface area contributed by atoms with Gasteiger partial charge in [-0.3, -0.25) is 9.59 Å². The number of nitrogens with two attached hydrogens (primary N) is 1. The van der Waals surface area contributed by atoms with E-state index in [1.165, 1.54) is 0 Å². The van der Waals surface area contributed by atoms with Crippen LogP contribution in [0.25, 0.3) is 0 Å². The molecule has 0 spiro atoms. The zero-order valence-electron chi connectivity index (χ0n) is 22.4. The Labute approximate surface area is 240 Å². The average Bonchev–Trinajstić information content (AvgIpc) is 2.99. The van der Waals surface area contributed by atoms with E-state index in [1.54, 1.807) is 18.2 Å². The first-order valence-corrected chi connectivity index (χ1v) is 13.0. The van der Waals surface area contributed by atoms with Crippen molar-refractivity contribution in [3.63, 3.8) is 0 Å². The standard InChI is InChI=1S/C32H29F3N2O5/c33-32(34,35)25-14-12-24(13-15-25)29(38)31(40)37-26(30(36)39)17-23-11-16-27(41-19-21-7-3-1-4-8-21)28(18-23)42-20-22-9-5-2-6-10-22/h1-16,18,26,29,38H,17,19-20H2,(H2,36,39)(H,37,40)/t26-,29+/m0/s1. The predicted octanol–water partition coefficient (Wildman–Crippen LogP) is 5.11. The molecule has 0 aliphatic heterocycles. The number of rotatable bonds is 12. The number of amides is 2. The van der Waals surface area contributed by atoms with Crippen LogP contribution in [0.2, 0.25) is 0 Å². The Morgan fingerprint density at radius 2 is 1.31 bits per heavy atom. The molecule has 0 unspecified atom stereocenters. The van der Waals surface area contributed by atoms with Gasteiger partial charge < -0.3 is 25.6 Å². The van der Waals surface area contributed by atoms with Gasteiger partial charge in [-0.2, -0.15) is 13.2 Å². The summed E-state index contributed by atoms with van der Waals surface area (Å²) < 4.78 is 50.6. The number of alkyl halides is 3. The number of hydrogen-bond acceptors (Lipinski definition) is 5. The highest BCUT2D eigenvalue weighted by Gasteiger charge is 2.31. The van der Waals surface area contributed by atoms with Gasteiger partial charge in [0.1, 0.15) is 19.3 Å². The van der Waals surface area contributed by atoms with Gasteiger partial charge in [0.15, 0.2) is 17.6 Å². The van der Waals surface area contributed by atoms with Crippen molar-refractivity contribution in [2.24, 2.45) is 5.73 Å². The van der Waals surface area contributed by atoms with E-state index in [4.69, 9.17) is 15.2 Å². The van der Waals surface area contributed by atoms with Crippen LogP contribution >= 0.6 is 0 Å². The fraction of sp³-hybridized carbons (Fsp3) is 0.188. The Hall–Kier alpha value is -4.83. The summed E-state index contributed by atoms with van der Waals surface area (Å²) in [5.41, 5.74) is 7.01. The Morgan fingerprint density at radius 1 is 0.762 bits per heavy atom. The van der Waals surface area contributed by atoms with Crippen molar-refractivity contribution < 1.29 is 37.3 Å². The quantitative estimate of drug-likeness (QED) is 0.216. The predicted molar refractivity (Wildman–Crippen MR) is 149 cm³/mol. The van der Waals surface area contributed by atoms with Crippen molar-refractivity contribution in [3.8, 4) is 11.5 Å². The van der Waals surface area contributed by atoms with Crippen LogP contribution in [0.4, 0.5) is 13.2 Å². The molecule has 0 aromatic heterocycles. The lowest BCUT2D eigenvalue weighted by atomic mass is 10.0. The summed E-state index contributed by atoms with van der Waals surface area (Å²) in [6.45, 7) is 0.547. The number of aliphatic hydroxyl groups is 1. The van der Waals surface area contributed by atoms with Crippen LogP contribution < -0.4 is 20.5 Å². The fourth-order valence-electron chi connectivity index (χ4n) is 4.10. The summed E-state index contributed by atoms with van der Waals surface area (Å²) >= 11 is 0. The summed E-state index contributed by atoms with van der Waals surface area (Å²) in [4.78, 5) is 24.9. The lowest BCUT2D eigenvalue weighted by Gasteiger charge is -2.20. The number of aliphatic hydroxyl groups excluding tert-OH is 1. The van der Waals surface area contributed by atoms with Gasteiger partial charge in [0.05, 0.1) is 5.56 Å². The number of carbonyl (C=O) groups is 2. The highest BCUT2D eigenvalue weighted by molar-refractivity contribution is 5.89. The highest BCUT2D eigenvalue weighted by atomic mass is 19.4. The molecule has 10 heteroatoms. The van der Waals surface area contributed by atoms with Crippen molar-refractivity contribution in [2.75, 3.05) is 0 Å². The Balaban J connectivity index is 1.48. The number of primary amides is 1. The third-order valence-corrected chi connectivity index (χ3v) is 6.38. The van der Waals surface area contributed by atoms with E-state index in [0.29, 0.717) is 23.7 Å². The normalized spacial score (nSPS) is 12.7. The van der Waals surface area contributed by atoms with Crippen molar-refractivity contribution >= 4 is 11.8 Å². The number of carbonyl (C=O) groups excluding carboxylic acids is 2. The highest BCUT2D eigenvalue weighted by Crippen LogP contribution is 2.31. The van der Waals surface area contributed by atoms with Crippen molar-refractivity contribution in [3.05, 3.63) is 131 Å². The van der Waals surface area contributed by atoms with Gasteiger partial charge in [0, 0.05) is 6.42 Å². The molecule has 4 rings (SSSR count). The van der Waals surface area contributed by atoms with Crippen molar-refractivity contribution in [2.45, 2.75) is 38.0 Å². The van der Waals surface area contributed by atoms with Crippen molar-refractivity contribution in [1.82, 2.24) is 5.32 Å². The zero-order valence-corrected chi connectivity index (χ0v) is 22.4. The maximum Gasteiger partial charge on any atom is 0.416 e. The van der Waals surface area contributed by atoms with Gasteiger partial charge in [0.2, 0.25) is 5.91 Å². The average molecular weight is 579 g/mol. The van der Waals surface area contributed by atoms with E-state index in [9.17, 15) is 27.9 Å². The molecular weight excluding hydrogens is 549 g/mol. The second-order valence-corrected chi connectivity index (χ2v) is 9.52.